The Bertz CT molecular complexity index is 703. The van der Waals surface area contributed by atoms with E-state index in [1.165, 1.54) is 11.3 Å². The number of nitrogens with one attached hydrogen (secondary N) is 1. The van der Waals surface area contributed by atoms with Crippen LogP contribution in [0.3, 0.4) is 0 Å². The molecule has 2 N–H and O–H groups in total. The number of amides is 1. The number of carboxylic acid groups (broad SMARTS) is 1. The van der Waals surface area contributed by atoms with Crippen molar-refractivity contribution in [2.45, 2.75) is 33.1 Å². The van der Waals surface area contributed by atoms with Gasteiger partial charge in [0.05, 0.1) is 11.8 Å². The second-order valence-corrected chi connectivity index (χ2v) is 6.29. The average Bonchev–Trinajstić information content (AvgIpc) is 2.99. The van der Waals surface area contributed by atoms with Crippen LogP contribution in [0, 0.1) is 6.92 Å². The largest absolute Gasteiger partial charge is 0.478 e. The molecule has 0 fully saturated rings. The summed E-state index contributed by atoms with van der Waals surface area (Å²) >= 11 is 1.32. The maximum Gasteiger partial charge on any atom is 0.339 e. The first-order valence-electron chi connectivity index (χ1n) is 7.05. The number of thiophene rings is 1. The standard InChI is InChI=1S/C15H19N3O3S/c1-4-11-9(2)22-14(13(11)15(20)21)17-12(19)6-5-10-7-16-18(3)8-10/h7-8H,4-6H2,1-3H3,(H,17,19)(H,20,21). The molecule has 0 spiro atoms. The lowest BCUT2D eigenvalue weighted by molar-refractivity contribution is -0.116. The predicted molar refractivity (Wildman–Crippen MR) is 85.6 cm³/mol. The van der Waals surface area contributed by atoms with Crippen LogP contribution in [-0.4, -0.2) is 26.8 Å². The van der Waals surface area contributed by atoms with Crippen LogP contribution in [0.1, 0.15) is 39.7 Å². The Morgan fingerprint density at radius 3 is 2.73 bits per heavy atom. The zero-order chi connectivity index (χ0) is 16.3. The van der Waals surface area contributed by atoms with Gasteiger partial charge >= 0.3 is 5.97 Å². The number of anilines is 1. The van der Waals surface area contributed by atoms with Gasteiger partial charge in [-0.2, -0.15) is 5.10 Å². The number of carboxylic acids is 1. The lowest BCUT2D eigenvalue weighted by Gasteiger charge is -2.04. The van der Waals surface area contributed by atoms with Gasteiger partial charge in [0.25, 0.3) is 0 Å². The molecule has 22 heavy (non-hydrogen) atoms. The van der Waals surface area contributed by atoms with Crippen LogP contribution in [0.4, 0.5) is 5.00 Å². The molecule has 1 amide bonds. The molecular formula is C15H19N3O3S. The number of rotatable bonds is 6. The second-order valence-electron chi connectivity index (χ2n) is 5.07. The highest BCUT2D eigenvalue weighted by Crippen LogP contribution is 2.33. The van der Waals surface area contributed by atoms with Gasteiger partial charge in [-0.05, 0) is 30.9 Å². The molecule has 0 radical (unpaired) electrons. The third kappa shape index (κ3) is 3.54. The van der Waals surface area contributed by atoms with Crippen LogP contribution >= 0.6 is 11.3 Å². The Hall–Kier alpha value is -2.15. The van der Waals surface area contributed by atoms with Crippen molar-refractivity contribution >= 4 is 28.2 Å². The molecule has 0 saturated heterocycles. The number of hydrogen-bond donors (Lipinski definition) is 2. The first-order chi connectivity index (χ1) is 10.4. The molecule has 0 saturated carbocycles. The topological polar surface area (TPSA) is 84.2 Å². The maximum atomic E-state index is 12.1. The molecule has 2 rings (SSSR count). The molecule has 0 atom stereocenters. The van der Waals surface area contributed by atoms with Crippen molar-refractivity contribution in [1.82, 2.24) is 9.78 Å². The summed E-state index contributed by atoms with van der Waals surface area (Å²) in [7, 11) is 1.82. The second kappa shape index (κ2) is 6.74. The van der Waals surface area contributed by atoms with E-state index in [0.717, 1.165) is 16.0 Å². The highest BCUT2D eigenvalue weighted by molar-refractivity contribution is 7.16. The van der Waals surface area contributed by atoms with Crippen molar-refractivity contribution in [2.24, 2.45) is 7.05 Å². The van der Waals surface area contributed by atoms with Crippen molar-refractivity contribution in [2.75, 3.05) is 5.32 Å². The summed E-state index contributed by atoms with van der Waals surface area (Å²) < 4.78 is 1.69. The number of carbonyl (C=O) groups excluding carboxylic acids is 1. The number of hydrogen-bond acceptors (Lipinski definition) is 4. The van der Waals surface area contributed by atoms with E-state index in [2.05, 4.69) is 10.4 Å². The number of aromatic nitrogens is 2. The molecule has 6 nitrogen and oxygen atoms in total. The van der Waals surface area contributed by atoms with Gasteiger partial charge in [0.15, 0.2) is 0 Å². The van der Waals surface area contributed by atoms with Crippen LogP contribution < -0.4 is 5.32 Å². The molecule has 118 valence electrons. The molecule has 0 aliphatic carbocycles. The normalized spacial score (nSPS) is 10.7. The molecule has 2 heterocycles. The van der Waals surface area contributed by atoms with Gasteiger partial charge in [-0.1, -0.05) is 6.92 Å². The van der Waals surface area contributed by atoms with E-state index in [4.69, 9.17) is 0 Å². The van der Waals surface area contributed by atoms with E-state index in [-0.39, 0.29) is 11.5 Å². The fourth-order valence-electron chi connectivity index (χ4n) is 2.37. The van der Waals surface area contributed by atoms with E-state index >= 15 is 0 Å². The van der Waals surface area contributed by atoms with Crippen LogP contribution in [0.2, 0.25) is 0 Å². The predicted octanol–water partition coefficient (Wildman–Crippen LogP) is 2.62. The van der Waals surface area contributed by atoms with Crippen LogP contribution in [0.5, 0.6) is 0 Å². The Labute approximate surface area is 132 Å². The molecule has 0 bridgehead atoms. The number of carbonyl (C=O) groups is 2. The van der Waals surface area contributed by atoms with Crippen LogP contribution in [0.15, 0.2) is 12.4 Å². The maximum absolute atomic E-state index is 12.1. The molecule has 2 aromatic heterocycles. The molecule has 7 heteroatoms. The highest BCUT2D eigenvalue weighted by Gasteiger charge is 2.21. The Kier molecular flexibility index (Phi) is 4.97. The quantitative estimate of drug-likeness (QED) is 0.856. The Morgan fingerprint density at radius 2 is 2.18 bits per heavy atom. The van der Waals surface area contributed by atoms with E-state index in [1.807, 2.05) is 27.1 Å². The molecule has 2 aromatic rings. The van der Waals surface area contributed by atoms with Crippen molar-refractivity contribution in [3.05, 3.63) is 34.0 Å². The third-order valence-electron chi connectivity index (χ3n) is 3.43. The van der Waals surface area contributed by atoms with Crippen molar-refractivity contribution in [3.63, 3.8) is 0 Å². The summed E-state index contributed by atoms with van der Waals surface area (Å²) in [4.78, 5) is 24.4. The summed E-state index contributed by atoms with van der Waals surface area (Å²) in [5.41, 5.74) is 1.99. The van der Waals surface area contributed by atoms with Gasteiger partial charge in [0.2, 0.25) is 5.91 Å². The van der Waals surface area contributed by atoms with Gasteiger partial charge in [-0.3, -0.25) is 9.48 Å². The molecule has 0 aromatic carbocycles. The Balaban J connectivity index is 2.06. The lowest BCUT2D eigenvalue weighted by Crippen LogP contribution is -2.14. The van der Waals surface area contributed by atoms with Crippen LogP contribution in [-0.2, 0) is 24.7 Å². The van der Waals surface area contributed by atoms with Gasteiger partial charge < -0.3 is 10.4 Å². The first kappa shape index (κ1) is 16.2. The van der Waals surface area contributed by atoms with E-state index in [9.17, 15) is 14.7 Å². The fraction of sp³-hybridized carbons (Fsp3) is 0.400. The fourth-order valence-corrected chi connectivity index (χ4v) is 3.52. The minimum Gasteiger partial charge on any atom is -0.478 e. The molecule has 0 aliphatic heterocycles. The Morgan fingerprint density at radius 1 is 1.45 bits per heavy atom. The number of aryl methyl sites for hydroxylation is 3. The number of aromatic carboxylic acids is 1. The summed E-state index contributed by atoms with van der Waals surface area (Å²) in [5.74, 6) is -1.18. The van der Waals surface area contributed by atoms with Crippen molar-refractivity contribution in [1.29, 1.82) is 0 Å². The number of nitrogens with zero attached hydrogens (tertiary/aromatic N) is 2. The van der Waals surface area contributed by atoms with E-state index in [1.54, 1.807) is 10.9 Å². The monoisotopic (exact) mass is 321 g/mol. The third-order valence-corrected chi connectivity index (χ3v) is 4.49. The van der Waals surface area contributed by atoms with Crippen molar-refractivity contribution in [3.8, 4) is 0 Å². The minimum absolute atomic E-state index is 0.185. The average molecular weight is 321 g/mol. The molecular weight excluding hydrogens is 302 g/mol. The van der Waals surface area contributed by atoms with Crippen LogP contribution in [0.25, 0.3) is 0 Å². The summed E-state index contributed by atoms with van der Waals surface area (Å²) in [6.45, 7) is 3.79. The van der Waals surface area contributed by atoms with Gasteiger partial charge in [0, 0.05) is 24.5 Å². The van der Waals surface area contributed by atoms with Gasteiger partial charge in [-0.15, -0.1) is 11.3 Å². The summed E-state index contributed by atoms with van der Waals surface area (Å²) in [6.07, 6.45) is 5.09. The zero-order valence-electron chi connectivity index (χ0n) is 12.8. The minimum atomic E-state index is -0.997. The highest BCUT2D eigenvalue weighted by atomic mass is 32.1. The van der Waals surface area contributed by atoms with Crippen molar-refractivity contribution < 1.29 is 14.7 Å². The van der Waals surface area contributed by atoms with E-state index in [0.29, 0.717) is 24.3 Å². The van der Waals surface area contributed by atoms with E-state index < -0.39 is 5.97 Å². The first-order valence-corrected chi connectivity index (χ1v) is 7.87. The van der Waals surface area contributed by atoms with Gasteiger partial charge in [-0.25, -0.2) is 4.79 Å². The summed E-state index contributed by atoms with van der Waals surface area (Å²) in [5, 5.41) is 16.6. The zero-order valence-corrected chi connectivity index (χ0v) is 13.7. The summed E-state index contributed by atoms with van der Waals surface area (Å²) in [6, 6.07) is 0. The molecule has 0 aliphatic rings. The lowest BCUT2D eigenvalue weighted by atomic mass is 10.1. The van der Waals surface area contributed by atoms with Gasteiger partial charge in [0.1, 0.15) is 5.00 Å². The molecule has 0 unspecified atom stereocenters. The smallest absolute Gasteiger partial charge is 0.339 e. The SMILES string of the molecule is CCc1c(C)sc(NC(=O)CCc2cnn(C)c2)c1C(=O)O.